The predicted octanol–water partition coefficient (Wildman–Crippen LogP) is 2.33. The van der Waals surface area contributed by atoms with Gasteiger partial charge in [-0.25, -0.2) is 0 Å². The second-order valence-electron chi connectivity index (χ2n) is 3.87. The SMILES string of the molecule is Cl[SiH2]CCC1CC2C=CC1C2. The number of hydrogen-bond donors (Lipinski definition) is 0. The van der Waals surface area contributed by atoms with Crippen molar-refractivity contribution in [2.45, 2.75) is 25.3 Å². The van der Waals surface area contributed by atoms with Crippen molar-refractivity contribution in [1.82, 2.24) is 0 Å². The quantitative estimate of drug-likeness (QED) is 0.361. The van der Waals surface area contributed by atoms with Gasteiger partial charge in [0.25, 0.3) is 0 Å². The summed E-state index contributed by atoms with van der Waals surface area (Å²) in [6.45, 7) is 0. The fourth-order valence-corrected chi connectivity index (χ4v) is 3.71. The molecule has 2 bridgehead atoms. The Bertz CT molecular complexity index is 167. The Morgan fingerprint density at radius 1 is 1.36 bits per heavy atom. The van der Waals surface area contributed by atoms with Gasteiger partial charge in [-0.2, -0.15) is 11.1 Å². The molecule has 3 unspecified atom stereocenters. The summed E-state index contributed by atoms with van der Waals surface area (Å²) in [5.41, 5.74) is 0. The molecule has 0 aromatic carbocycles. The zero-order valence-electron chi connectivity index (χ0n) is 6.80. The third-order valence-electron chi connectivity index (χ3n) is 3.12. The monoisotopic (exact) mass is 186 g/mol. The Kier molecular flexibility index (Phi) is 2.38. The van der Waals surface area contributed by atoms with E-state index in [9.17, 15) is 0 Å². The van der Waals surface area contributed by atoms with E-state index in [1.54, 1.807) is 0 Å². The summed E-state index contributed by atoms with van der Waals surface area (Å²) in [7, 11) is -0.187. The van der Waals surface area contributed by atoms with Crippen LogP contribution in [0.4, 0.5) is 0 Å². The Hall–Kier alpha value is 0.247. The molecule has 0 aliphatic heterocycles. The zero-order chi connectivity index (χ0) is 7.68. The highest BCUT2D eigenvalue weighted by Crippen LogP contribution is 2.45. The van der Waals surface area contributed by atoms with E-state index in [-0.39, 0.29) is 8.83 Å². The fraction of sp³-hybridized carbons (Fsp3) is 0.778. The maximum Gasteiger partial charge on any atom is 0.125 e. The summed E-state index contributed by atoms with van der Waals surface area (Å²) in [5, 5.41) is 0. The Morgan fingerprint density at radius 3 is 2.82 bits per heavy atom. The average Bonchev–Trinajstić information content (AvgIpc) is 2.60. The molecule has 0 aromatic rings. The van der Waals surface area contributed by atoms with Crippen LogP contribution in [0.5, 0.6) is 0 Å². The zero-order valence-corrected chi connectivity index (χ0v) is 8.97. The lowest BCUT2D eigenvalue weighted by atomic mass is 9.91. The van der Waals surface area contributed by atoms with Gasteiger partial charge in [-0.1, -0.05) is 18.6 Å². The molecule has 0 heterocycles. The van der Waals surface area contributed by atoms with Gasteiger partial charge in [-0.3, -0.25) is 0 Å². The van der Waals surface area contributed by atoms with Gasteiger partial charge in [0.05, 0.1) is 0 Å². The Morgan fingerprint density at radius 2 is 2.27 bits per heavy atom. The molecule has 0 radical (unpaired) electrons. The summed E-state index contributed by atoms with van der Waals surface area (Å²) in [5.74, 6) is 2.90. The van der Waals surface area contributed by atoms with E-state index in [1.807, 2.05) is 0 Å². The van der Waals surface area contributed by atoms with Crippen LogP contribution in [-0.2, 0) is 0 Å². The molecule has 2 aliphatic carbocycles. The van der Waals surface area contributed by atoms with Crippen molar-refractivity contribution in [3.8, 4) is 0 Å². The minimum absolute atomic E-state index is 0.187. The molecule has 2 aliphatic rings. The summed E-state index contributed by atoms with van der Waals surface area (Å²) >= 11 is 5.80. The standard InChI is InChI=1S/C9H15ClSi/c10-11-4-3-9-6-7-1-2-8(9)5-7/h1-2,7-9H,3-6,11H2. The molecule has 0 spiro atoms. The maximum absolute atomic E-state index is 5.80. The largest absolute Gasteiger partial charge is 0.176 e. The first-order valence-electron chi connectivity index (χ1n) is 4.64. The van der Waals surface area contributed by atoms with E-state index in [4.69, 9.17) is 11.1 Å². The van der Waals surface area contributed by atoms with E-state index in [2.05, 4.69) is 12.2 Å². The van der Waals surface area contributed by atoms with Crippen LogP contribution in [0.25, 0.3) is 0 Å². The molecule has 2 rings (SSSR count). The summed E-state index contributed by atoms with van der Waals surface area (Å²) in [4.78, 5) is 0. The molecule has 1 saturated carbocycles. The molecular weight excluding hydrogens is 172 g/mol. The van der Waals surface area contributed by atoms with E-state index in [0.717, 1.165) is 17.8 Å². The van der Waals surface area contributed by atoms with Gasteiger partial charge in [0.1, 0.15) is 8.83 Å². The van der Waals surface area contributed by atoms with Gasteiger partial charge in [0.15, 0.2) is 0 Å². The van der Waals surface area contributed by atoms with Crippen molar-refractivity contribution in [2.75, 3.05) is 0 Å². The van der Waals surface area contributed by atoms with Crippen LogP contribution in [-0.4, -0.2) is 8.83 Å². The van der Waals surface area contributed by atoms with Crippen molar-refractivity contribution in [3.63, 3.8) is 0 Å². The van der Waals surface area contributed by atoms with Gasteiger partial charge >= 0.3 is 0 Å². The molecule has 0 N–H and O–H groups in total. The topological polar surface area (TPSA) is 0 Å². The molecule has 3 atom stereocenters. The fourth-order valence-electron chi connectivity index (χ4n) is 2.57. The minimum Gasteiger partial charge on any atom is -0.176 e. The molecule has 0 aromatic heterocycles. The summed E-state index contributed by atoms with van der Waals surface area (Å²) in [6.07, 6.45) is 9.19. The number of halogens is 1. The summed E-state index contributed by atoms with van der Waals surface area (Å²) < 4.78 is 0. The van der Waals surface area contributed by atoms with E-state index >= 15 is 0 Å². The highest BCUT2D eigenvalue weighted by atomic mass is 35.6. The van der Waals surface area contributed by atoms with E-state index in [1.165, 1.54) is 25.3 Å². The van der Waals surface area contributed by atoms with Crippen LogP contribution in [0.2, 0.25) is 6.04 Å². The first kappa shape index (κ1) is 7.87. The molecule has 11 heavy (non-hydrogen) atoms. The molecule has 1 fully saturated rings. The van der Waals surface area contributed by atoms with Gasteiger partial charge in [0.2, 0.25) is 0 Å². The van der Waals surface area contributed by atoms with Crippen molar-refractivity contribution < 1.29 is 0 Å². The number of fused-ring (bicyclic) bond motifs is 2. The molecule has 2 heteroatoms. The lowest BCUT2D eigenvalue weighted by Crippen LogP contribution is -2.06. The first-order valence-corrected chi connectivity index (χ1v) is 7.78. The lowest BCUT2D eigenvalue weighted by molar-refractivity contribution is 0.434. The van der Waals surface area contributed by atoms with Crippen molar-refractivity contribution in [2.24, 2.45) is 17.8 Å². The Balaban J connectivity index is 1.84. The molecule has 0 amide bonds. The van der Waals surface area contributed by atoms with Crippen LogP contribution in [0.15, 0.2) is 12.2 Å². The summed E-state index contributed by atoms with van der Waals surface area (Å²) in [6, 6.07) is 1.35. The van der Waals surface area contributed by atoms with Crippen LogP contribution in [0, 0.1) is 17.8 Å². The normalized spacial score (nSPS) is 41.4. The van der Waals surface area contributed by atoms with Gasteiger partial charge in [0, 0.05) is 0 Å². The number of hydrogen-bond acceptors (Lipinski definition) is 0. The van der Waals surface area contributed by atoms with Crippen LogP contribution in [0.3, 0.4) is 0 Å². The van der Waals surface area contributed by atoms with Crippen LogP contribution >= 0.6 is 11.1 Å². The average molecular weight is 187 g/mol. The smallest absolute Gasteiger partial charge is 0.125 e. The maximum atomic E-state index is 5.80. The number of rotatable bonds is 3. The molecule has 62 valence electrons. The van der Waals surface area contributed by atoms with Crippen LogP contribution in [0.1, 0.15) is 19.3 Å². The molecular formula is C9H15ClSi. The minimum atomic E-state index is -0.187. The van der Waals surface area contributed by atoms with Crippen molar-refractivity contribution in [3.05, 3.63) is 12.2 Å². The van der Waals surface area contributed by atoms with E-state index < -0.39 is 0 Å². The Labute approximate surface area is 75.5 Å². The predicted molar refractivity (Wildman–Crippen MR) is 52.7 cm³/mol. The third-order valence-corrected chi connectivity index (χ3v) is 4.60. The lowest BCUT2D eigenvalue weighted by Gasteiger charge is -2.16. The van der Waals surface area contributed by atoms with E-state index in [0.29, 0.717) is 0 Å². The van der Waals surface area contributed by atoms with Crippen molar-refractivity contribution >= 4 is 19.9 Å². The highest BCUT2D eigenvalue weighted by Gasteiger charge is 2.34. The molecule has 0 nitrogen and oxygen atoms in total. The number of allylic oxidation sites excluding steroid dienone is 2. The second-order valence-corrected chi connectivity index (χ2v) is 6.09. The second kappa shape index (κ2) is 3.32. The highest BCUT2D eigenvalue weighted by molar-refractivity contribution is 6.93. The van der Waals surface area contributed by atoms with Crippen molar-refractivity contribution in [1.29, 1.82) is 0 Å². The van der Waals surface area contributed by atoms with Crippen LogP contribution < -0.4 is 0 Å². The van der Waals surface area contributed by atoms with Gasteiger partial charge in [-0.15, -0.1) is 0 Å². The first-order chi connectivity index (χ1) is 5.40. The van der Waals surface area contributed by atoms with Gasteiger partial charge < -0.3 is 0 Å². The third kappa shape index (κ3) is 1.54. The molecule has 0 saturated heterocycles. The van der Waals surface area contributed by atoms with Gasteiger partial charge in [-0.05, 0) is 36.6 Å².